The van der Waals surface area contributed by atoms with E-state index in [1.165, 1.54) is 22.3 Å². The average molecular weight is 637 g/mol. The van der Waals surface area contributed by atoms with E-state index in [1.54, 1.807) is 12.1 Å². The van der Waals surface area contributed by atoms with E-state index >= 15 is 0 Å². The molecule has 4 aliphatic rings. The van der Waals surface area contributed by atoms with Crippen LogP contribution in [0.4, 0.5) is 0 Å². The predicted octanol–water partition coefficient (Wildman–Crippen LogP) is 5.49. The van der Waals surface area contributed by atoms with Gasteiger partial charge in [0, 0.05) is 36.3 Å². The molecule has 2 unspecified atom stereocenters. The van der Waals surface area contributed by atoms with E-state index in [9.17, 15) is 20.4 Å². The Morgan fingerprint density at radius 1 is 0.596 bits per heavy atom. The first kappa shape index (κ1) is 29.9. The van der Waals surface area contributed by atoms with Crippen molar-refractivity contribution in [3.05, 3.63) is 81.9 Å². The Morgan fingerprint density at radius 3 is 1.49 bits per heavy atom. The summed E-state index contributed by atoms with van der Waals surface area (Å²) in [6.07, 6.45) is 3.37. The van der Waals surface area contributed by atoms with Gasteiger partial charge in [-0.25, -0.2) is 0 Å². The van der Waals surface area contributed by atoms with Crippen LogP contribution in [-0.4, -0.2) is 83.8 Å². The highest BCUT2D eigenvalue weighted by atomic mass is 16.5. The number of phenolic OH excluding ortho intramolecular Hbond substituents is 4. The van der Waals surface area contributed by atoms with Crippen molar-refractivity contribution in [3.8, 4) is 56.8 Å². The maximum atomic E-state index is 10.8. The third kappa shape index (κ3) is 5.04. The SMILES string of the molecule is CN1CCc2cc(OCCOCCOc3cc4c5c(c3)-c3c(ccc(O)c3O)CC5N(C)CC4)cc3c2C1Cc1ccc(O)c(O)c1-3. The molecule has 4 N–H and O–H groups in total. The molecule has 4 aromatic carbocycles. The summed E-state index contributed by atoms with van der Waals surface area (Å²) in [7, 11) is 4.28. The molecule has 4 aromatic rings. The van der Waals surface area contributed by atoms with Gasteiger partial charge in [-0.15, -0.1) is 0 Å². The fourth-order valence-electron chi connectivity index (χ4n) is 8.15. The molecule has 2 aliphatic carbocycles. The van der Waals surface area contributed by atoms with E-state index in [2.05, 4.69) is 36.0 Å². The van der Waals surface area contributed by atoms with Gasteiger partial charge in [0.2, 0.25) is 0 Å². The molecule has 0 radical (unpaired) electrons. The van der Waals surface area contributed by atoms with Gasteiger partial charge < -0.3 is 34.6 Å². The molecule has 2 atom stereocenters. The second-order valence-electron chi connectivity index (χ2n) is 13.2. The van der Waals surface area contributed by atoms with E-state index < -0.39 is 0 Å². The summed E-state index contributed by atoms with van der Waals surface area (Å²) < 4.78 is 18.2. The molecule has 0 spiro atoms. The van der Waals surface area contributed by atoms with Crippen LogP contribution in [0.15, 0.2) is 48.5 Å². The molecule has 0 saturated carbocycles. The monoisotopic (exact) mass is 636 g/mol. The van der Waals surface area contributed by atoms with Gasteiger partial charge in [0.1, 0.15) is 24.7 Å². The van der Waals surface area contributed by atoms with Gasteiger partial charge in [-0.05, 0) is 121 Å². The molecule has 8 rings (SSSR count). The van der Waals surface area contributed by atoms with Crippen molar-refractivity contribution in [1.29, 1.82) is 0 Å². The number of nitrogens with zero attached hydrogens (tertiary/aromatic N) is 2. The number of phenols is 4. The van der Waals surface area contributed by atoms with Gasteiger partial charge in [-0.1, -0.05) is 12.1 Å². The quantitative estimate of drug-likeness (QED) is 0.147. The molecule has 47 heavy (non-hydrogen) atoms. The maximum Gasteiger partial charge on any atom is 0.165 e. The van der Waals surface area contributed by atoms with Crippen molar-refractivity contribution in [3.63, 3.8) is 0 Å². The van der Waals surface area contributed by atoms with Crippen LogP contribution in [0, 0.1) is 0 Å². The summed E-state index contributed by atoms with van der Waals surface area (Å²) in [5.41, 5.74) is 10.1. The zero-order valence-electron chi connectivity index (χ0n) is 26.8. The van der Waals surface area contributed by atoms with Crippen molar-refractivity contribution in [2.75, 3.05) is 53.6 Å². The Balaban J connectivity index is 0.921. The summed E-state index contributed by atoms with van der Waals surface area (Å²) in [5, 5.41) is 42.2. The lowest BCUT2D eigenvalue weighted by Gasteiger charge is -2.40. The first-order chi connectivity index (χ1) is 22.8. The van der Waals surface area contributed by atoms with Crippen LogP contribution < -0.4 is 9.47 Å². The number of fused-ring (bicyclic) bond motifs is 4. The summed E-state index contributed by atoms with van der Waals surface area (Å²) >= 11 is 0. The first-order valence-corrected chi connectivity index (χ1v) is 16.4. The van der Waals surface area contributed by atoms with E-state index in [1.807, 2.05) is 24.3 Å². The number of hydrogen-bond acceptors (Lipinski definition) is 9. The summed E-state index contributed by atoms with van der Waals surface area (Å²) in [4.78, 5) is 4.72. The average Bonchev–Trinajstić information content (AvgIpc) is 3.07. The number of rotatable bonds is 8. The van der Waals surface area contributed by atoms with Crippen LogP contribution in [0.5, 0.6) is 34.5 Å². The van der Waals surface area contributed by atoms with Crippen LogP contribution in [-0.2, 0) is 30.4 Å². The minimum atomic E-state index is -0.115. The maximum absolute atomic E-state index is 10.8. The topological polar surface area (TPSA) is 115 Å². The molecular formula is C38H40N2O7. The fourth-order valence-corrected chi connectivity index (χ4v) is 8.15. The smallest absolute Gasteiger partial charge is 0.165 e. The zero-order valence-corrected chi connectivity index (χ0v) is 26.8. The molecule has 0 aromatic heterocycles. The Bertz CT molecular complexity index is 1750. The molecule has 9 nitrogen and oxygen atoms in total. The number of hydrogen-bond donors (Lipinski definition) is 4. The highest BCUT2D eigenvalue weighted by molar-refractivity contribution is 5.84. The Morgan fingerprint density at radius 2 is 1.04 bits per heavy atom. The van der Waals surface area contributed by atoms with Crippen LogP contribution in [0.25, 0.3) is 22.3 Å². The Hall–Kier alpha value is -4.44. The van der Waals surface area contributed by atoms with E-state index in [0.29, 0.717) is 37.6 Å². The molecule has 2 heterocycles. The standard InChI is InChI=1S/C38H40N2O7/c1-39-9-7-23-15-25(19-27-33(23)29(39)17-21-3-5-31(41)37(43)35(21)27)46-13-11-45-12-14-47-26-16-24-8-10-40(2)30-18-22-4-6-32(42)38(44)36(22)28(20-26)34(24)30/h3-6,15-16,19-20,29-30,41-44H,7-14,17-18H2,1-2H3. The molecule has 0 saturated heterocycles. The molecule has 0 bridgehead atoms. The lowest BCUT2D eigenvalue weighted by molar-refractivity contribution is 0.0763. The van der Waals surface area contributed by atoms with Gasteiger partial charge in [-0.3, -0.25) is 9.80 Å². The minimum absolute atomic E-state index is 0.0774. The second-order valence-corrected chi connectivity index (χ2v) is 13.2. The highest BCUT2D eigenvalue weighted by Crippen LogP contribution is 2.52. The van der Waals surface area contributed by atoms with Crippen LogP contribution >= 0.6 is 0 Å². The molecular weight excluding hydrogens is 596 g/mol. The van der Waals surface area contributed by atoms with Crippen molar-refractivity contribution in [1.82, 2.24) is 9.80 Å². The van der Waals surface area contributed by atoms with E-state index in [0.717, 1.165) is 72.5 Å². The van der Waals surface area contributed by atoms with Crippen LogP contribution in [0.2, 0.25) is 0 Å². The summed E-state index contributed by atoms with van der Waals surface area (Å²) in [6, 6.07) is 15.6. The van der Waals surface area contributed by atoms with Gasteiger partial charge in [0.25, 0.3) is 0 Å². The van der Waals surface area contributed by atoms with Gasteiger partial charge in [-0.2, -0.15) is 0 Å². The molecule has 2 aliphatic heterocycles. The van der Waals surface area contributed by atoms with Gasteiger partial charge in [0.05, 0.1) is 13.2 Å². The molecule has 0 fully saturated rings. The van der Waals surface area contributed by atoms with E-state index in [-0.39, 0.29) is 35.1 Å². The summed E-state index contributed by atoms with van der Waals surface area (Å²) in [6.45, 7) is 3.38. The predicted molar refractivity (Wildman–Crippen MR) is 178 cm³/mol. The zero-order chi connectivity index (χ0) is 32.4. The van der Waals surface area contributed by atoms with Crippen LogP contribution in [0.3, 0.4) is 0 Å². The molecule has 9 heteroatoms. The second kappa shape index (κ2) is 11.7. The van der Waals surface area contributed by atoms with E-state index in [4.69, 9.17) is 14.2 Å². The largest absolute Gasteiger partial charge is 0.504 e. The van der Waals surface area contributed by atoms with Gasteiger partial charge >= 0.3 is 0 Å². The first-order valence-electron chi connectivity index (χ1n) is 16.4. The van der Waals surface area contributed by atoms with Crippen LogP contribution in [0.1, 0.15) is 45.5 Å². The van der Waals surface area contributed by atoms with Crippen molar-refractivity contribution >= 4 is 0 Å². The lowest BCUT2D eigenvalue weighted by atomic mass is 9.76. The lowest BCUT2D eigenvalue weighted by Crippen LogP contribution is -2.35. The minimum Gasteiger partial charge on any atom is -0.504 e. The number of ether oxygens (including phenoxy) is 3. The normalized spacial score (nSPS) is 19.4. The van der Waals surface area contributed by atoms with Crippen molar-refractivity contribution < 1.29 is 34.6 Å². The number of aromatic hydroxyl groups is 4. The highest BCUT2D eigenvalue weighted by Gasteiger charge is 2.36. The Kier molecular flexibility index (Phi) is 7.43. The molecule has 0 amide bonds. The number of benzene rings is 4. The van der Waals surface area contributed by atoms with Crippen molar-refractivity contribution in [2.24, 2.45) is 0 Å². The molecule has 244 valence electrons. The third-order valence-corrected chi connectivity index (χ3v) is 10.5. The third-order valence-electron chi connectivity index (χ3n) is 10.5. The van der Waals surface area contributed by atoms with Crippen molar-refractivity contribution in [2.45, 2.75) is 37.8 Å². The van der Waals surface area contributed by atoms with Gasteiger partial charge in [0.15, 0.2) is 23.0 Å². The summed E-state index contributed by atoms with van der Waals surface area (Å²) in [5.74, 6) is 1.06. The fraction of sp³-hybridized carbons (Fsp3) is 0.368. The Labute approximate surface area is 274 Å². The number of likely N-dealkylation sites (N-methyl/N-ethyl adjacent to an activating group) is 2.